The quantitative estimate of drug-likeness (QED) is 0.112. The molecule has 13 nitrogen and oxygen atoms in total. The van der Waals surface area contributed by atoms with Gasteiger partial charge in [0.05, 0.1) is 17.8 Å². The summed E-state index contributed by atoms with van der Waals surface area (Å²) in [7, 11) is -1.69. The second kappa shape index (κ2) is 17.8. The van der Waals surface area contributed by atoms with Crippen LogP contribution >= 0.6 is 8.53 Å². The van der Waals surface area contributed by atoms with Crippen LogP contribution in [0.3, 0.4) is 0 Å². The Morgan fingerprint density at radius 3 is 2.31 bits per heavy atom. The number of esters is 1. The van der Waals surface area contributed by atoms with E-state index in [4.69, 9.17) is 34.6 Å². The molecule has 270 valence electrons. The molecule has 0 aliphatic carbocycles. The lowest BCUT2D eigenvalue weighted by molar-refractivity contribution is -0.282. The molecule has 1 N–H and O–H groups in total. The van der Waals surface area contributed by atoms with Crippen molar-refractivity contribution in [2.24, 2.45) is 17.8 Å². The van der Waals surface area contributed by atoms with Gasteiger partial charge in [-0.05, 0) is 58.1 Å². The molecule has 10 atom stereocenters. The van der Waals surface area contributed by atoms with Gasteiger partial charge in [0.25, 0.3) is 14.1 Å². The van der Waals surface area contributed by atoms with E-state index in [1.807, 2.05) is 19.9 Å². The van der Waals surface area contributed by atoms with Gasteiger partial charge >= 0.3 is 11.7 Å². The molecule has 2 aliphatic rings. The lowest BCUT2D eigenvalue weighted by Gasteiger charge is -2.45. The molecule has 1 aromatic carbocycles. The van der Waals surface area contributed by atoms with E-state index in [1.165, 1.54) is 16.8 Å². The van der Waals surface area contributed by atoms with E-state index < -0.39 is 62.7 Å². The number of aromatic nitrogens is 2. The molecular weight excluding hydrogens is 651 g/mol. The highest BCUT2D eigenvalue weighted by Crippen LogP contribution is 2.51. The molecule has 0 spiro atoms. The first kappa shape index (κ1) is 38.8. The molecule has 10 unspecified atom stereocenters. The second-order valence-electron chi connectivity index (χ2n) is 13.3. The van der Waals surface area contributed by atoms with Crippen molar-refractivity contribution in [2.75, 3.05) is 19.8 Å². The van der Waals surface area contributed by atoms with Crippen molar-refractivity contribution >= 4 is 14.5 Å². The predicted molar refractivity (Wildman–Crippen MR) is 185 cm³/mol. The van der Waals surface area contributed by atoms with Gasteiger partial charge in [-0.3, -0.25) is 14.3 Å². The molecule has 14 heteroatoms. The van der Waals surface area contributed by atoms with Gasteiger partial charge in [-0.25, -0.2) is 20.8 Å². The van der Waals surface area contributed by atoms with Crippen LogP contribution in [0, 0.1) is 24.3 Å². The number of aromatic amines is 1. The predicted octanol–water partition coefficient (Wildman–Crippen LogP) is 5.39. The number of nitrogens with one attached hydrogen (secondary N) is 1. The van der Waals surface area contributed by atoms with Gasteiger partial charge in [0.2, 0.25) is 6.54 Å². The molecule has 2 aliphatic heterocycles. The van der Waals surface area contributed by atoms with Gasteiger partial charge in [-0.15, -0.1) is 0 Å². The number of hydrogen-bond donors (Lipinski definition) is 1. The molecule has 2 saturated heterocycles. The minimum Gasteiger partial charge on any atom is -0.459 e. The first-order valence-corrected chi connectivity index (χ1v) is 18.2. The van der Waals surface area contributed by atoms with Gasteiger partial charge in [-0.1, -0.05) is 45.9 Å². The minimum atomic E-state index is -1.69. The van der Waals surface area contributed by atoms with Crippen LogP contribution in [0.1, 0.15) is 78.4 Å². The Hall–Kier alpha value is -2.95. The van der Waals surface area contributed by atoms with Crippen LogP contribution < -0.4 is 11.2 Å². The fraction of sp³-hybridized carbons (Fsp3) is 0.657. The van der Waals surface area contributed by atoms with Crippen molar-refractivity contribution in [3.8, 4) is 0 Å². The molecule has 0 radical (unpaired) electrons. The summed E-state index contributed by atoms with van der Waals surface area (Å²) in [5, 5.41) is 0. The third-order valence-corrected chi connectivity index (χ3v) is 11.5. The smallest absolute Gasteiger partial charge is 0.338 e. The van der Waals surface area contributed by atoms with Gasteiger partial charge in [-0.2, -0.15) is 0 Å². The van der Waals surface area contributed by atoms with Crippen LogP contribution in [0.15, 0.2) is 52.2 Å². The van der Waals surface area contributed by atoms with Crippen LogP contribution in [-0.4, -0.2) is 82.7 Å². The maximum Gasteiger partial charge on any atom is 0.338 e. The average Bonchev–Trinajstić information content (AvgIpc) is 3.40. The van der Waals surface area contributed by atoms with Gasteiger partial charge in [0.15, 0.2) is 12.5 Å². The highest BCUT2D eigenvalue weighted by Gasteiger charge is 2.52. The van der Waals surface area contributed by atoms with Gasteiger partial charge in [0, 0.05) is 30.3 Å². The summed E-state index contributed by atoms with van der Waals surface area (Å²) in [6.07, 6.45) is -2.38. The summed E-state index contributed by atoms with van der Waals surface area (Å²) in [6.45, 7) is 24.1. The Kier molecular flexibility index (Phi) is 14.1. The Bertz CT molecular complexity index is 1500. The van der Waals surface area contributed by atoms with E-state index in [2.05, 4.69) is 56.0 Å². The first-order valence-electron chi connectivity index (χ1n) is 17.1. The number of ether oxygens (including phenoxy) is 4. The third-order valence-electron chi connectivity index (χ3n) is 9.34. The molecule has 0 amide bonds. The van der Waals surface area contributed by atoms with Gasteiger partial charge < -0.3 is 32.8 Å². The Morgan fingerprint density at radius 2 is 1.69 bits per heavy atom. The molecule has 2 aromatic rings. The average molecular weight is 703 g/mol. The third kappa shape index (κ3) is 9.44. The van der Waals surface area contributed by atoms with Crippen LogP contribution in [0.5, 0.6) is 0 Å². The lowest BCUT2D eigenvalue weighted by Crippen LogP contribution is -2.51. The first-order chi connectivity index (χ1) is 23.4. The summed E-state index contributed by atoms with van der Waals surface area (Å²) in [5.41, 5.74) is -0.721. The molecule has 4 rings (SSSR count). The Labute approximate surface area is 290 Å². The monoisotopic (exact) mass is 702 g/mol. The zero-order valence-corrected chi connectivity index (χ0v) is 30.6. The highest BCUT2D eigenvalue weighted by molar-refractivity contribution is 7.44. The number of carbonyl (C=O) groups excluding carboxylic acids is 1. The number of hydrogen-bond acceptors (Lipinski definition) is 10. The maximum absolute atomic E-state index is 13.1. The van der Waals surface area contributed by atoms with Crippen molar-refractivity contribution in [2.45, 2.75) is 111 Å². The molecule has 3 heterocycles. The van der Waals surface area contributed by atoms with Crippen molar-refractivity contribution in [1.82, 2.24) is 14.2 Å². The summed E-state index contributed by atoms with van der Waals surface area (Å²) in [6, 6.07) is 10.2. The van der Waals surface area contributed by atoms with Crippen LogP contribution in [0.2, 0.25) is 0 Å². The number of rotatable bonds is 15. The molecule has 0 bridgehead atoms. The van der Waals surface area contributed by atoms with Crippen LogP contribution in [-0.2, 0) is 28.0 Å². The van der Waals surface area contributed by atoms with E-state index in [-0.39, 0.29) is 49.6 Å². The molecular formula is C35H51N4O9P. The SMILES string of the molecule is [C-]#[N+]CCOP(OC1C(CC)OC(n2ccc(=O)[nH]c2=O)C1OC1OC(COC(=O)c2ccccc2)C(C)C(C)C1C)N(C(C)C)C(C)C. The zero-order chi connectivity index (χ0) is 35.8. The van der Waals surface area contributed by atoms with Crippen molar-refractivity contribution in [1.29, 1.82) is 0 Å². The van der Waals surface area contributed by atoms with Crippen molar-refractivity contribution < 1.29 is 32.8 Å². The maximum atomic E-state index is 13.1. The number of carbonyl (C=O) groups is 1. The molecule has 2 fully saturated rings. The van der Waals surface area contributed by atoms with E-state index in [0.29, 0.717) is 12.0 Å². The summed E-state index contributed by atoms with van der Waals surface area (Å²) in [4.78, 5) is 43.7. The van der Waals surface area contributed by atoms with E-state index >= 15 is 0 Å². The van der Waals surface area contributed by atoms with Crippen molar-refractivity contribution in [3.63, 3.8) is 0 Å². The van der Waals surface area contributed by atoms with Crippen LogP contribution in [0.4, 0.5) is 0 Å². The second-order valence-corrected chi connectivity index (χ2v) is 14.7. The van der Waals surface area contributed by atoms with E-state index in [1.54, 1.807) is 24.3 Å². The molecule has 1 aromatic heterocycles. The fourth-order valence-corrected chi connectivity index (χ4v) is 8.12. The number of H-pyrrole nitrogens is 1. The minimum absolute atomic E-state index is 0.0330. The normalized spacial score (nSPS) is 29.3. The topological polar surface area (TPSA) is 135 Å². The highest BCUT2D eigenvalue weighted by atomic mass is 31.2. The zero-order valence-electron chi connectivity index (χ0n) is 29.7. The van der Waals surface area contributed by atoms with Crippen LogP contribution in [0.25, 0.3) is 4.85 Å². The lowest BCUT2D eigenvalue weighted by atomic mass is 9.79. The summed E-state index contributed by atoms with van der Waals surface area (Å²) >= 11 is 0. The summed E-state index contributed by atoms with van der Waals surface area (Å²) in [5.74, 6) is -0.374. The molecule has 49 heavy (non-hydrogen) atoms. The summed E-state index contributed by atoms with van der Waals surface area (Å²) < 4.78 is 42.2. The largest absolute Gasteiger partial charge is 0.459 e. The van der Waals surface area contributed by atoms with Gasteiger partial charge in [0.1, 0.15) is 25.4 Å². The van der Waals surface area contributed by atoms with Crippen molar-refractivity contribution in [3.05, 3.63) is 80.4 Å². The number of benzene rings is 1. The molecule has 0 saturated carbocycles. The Morgan fingerprint density at radius 1 is 1.00 bits per heavy atom. The fourth-order valence-electron chi connectivity index (χ4n) is 6.36. The van der Waals surface area contributed by atoms with E-state index in [0.717, 1.165) is 0 Å². The van der Waals surface area contributed by atoms with E-state index in [9.17, 15) is 14.4 Å². The number of nitrogens with zero attached hydrogens (tertiary/aromatic N) is 3. The Balaban J connectivity index is 1.67. The standard InChI is InChI=1S/C35H51N4O9P/c1-10-27-30(48-49(44-19-17-36-9)39(21(2)3)22(4)5)31(32(45-27)38-18-16-29(40)37-35(38)42)47-34-25(8)23(6)24(7)28(46-34)20-43-33(41)26-14-12-11-13-15-26/h11-16,18,21-25,27-28,30-32,34H,10,17,19-20H2,1-8H3,(H,37,40,42).